The highest BCUT2D eigenvalue weighted by atomic mass is 15.2. The van der Waals surface area contributed by atoms with E-state index in [1.165, 1.54) is 38.2 Å². The van der Waals surface area contributed by atoms with Crippen molar-refractivity contribution >= 4 is 0 Å². The van der Waals surface area contributed by atoms with Crippen LogP contribution in [0.4, 0.5) is 0 Å². The summed E-state index contributed by atoms with van der Waals surface area (Å²) in [5.41, 5.74) is 1.43. The predicted octanol–water partition coefficient (Wildman–Crippen LogP) is 2.01. The average molecular weight is 302 g/mol. The minimum atomic E-state index is 0.506. The van der Waals surface area contributed by atoms with Crippen molar-refractivity contribution in [2.24, 2.45) is 11.8 Å². The molecule has 2 saturated heterocycles. The first-order chi connectivity index (χ1) is 10.7. The van der Waals surface area contributed by atoms with Crippen LogP contribution in [0.25, 0.3) is 0 Å². The first-order valence-corrected chi connectivity index (χ1v) is 8.79. The zero-order chi connectivity index (χ0) is 15.4. The number of pyridine rings is 1. The molecule has 4 heteroatoms. The van der Waals surface area contributed by atoms with Crippen LogP contribution in [0, 0.1) is 11.8 Å². The third kappa shape index (κ3) is 4.06. The van der Waals surface area contributed by atoms with Gasteiger partial charge in [-0.2, -0.15) is 0 Å². The normalized spacial score (nSPS) is 29.4. The Labute approximate surface area is 134 Å². The average Bonchev–Trinajstić information content (AvgIpc) is 2.53. The van der Waals surface area contributed by atoms with Gasteiger partial charge in [-0.1, -0.05) is 13.8 Å². The minimum Gasteiger partial charge on any atom is -0.314 e. The Hall–Kier alpha value is -0.970. The highest BCUT2D eigenvalue weighted by molar-refractivity contribution is 5.16. The number of hydrogen-bond donors (Lipinski definition) is 1. The lowest BCUT2D eigenvalue weighted by Gasteiger charge is -2.42. The van der Waals surface area contributed by atoms with Gasteiger partial charge in [0.25, 0.3) is 0 Å². The van der Waals surface area contributed by atoms with Crippen LogP contribution in [0.1, 0.15) is 31.9 Å². The fourth-order valence-corrected chi connectivity index (χ4v) is 4.12. The second kappa shape index (κ2) is 7.53. The van der Waals surface area contributed by atoms with Crippen molar-refractivity contribution in [2.75, 3.05) is 45.8 Å². The number of likely N-dealkylation sites (tertiary alicyclic amines) is 1. The molecule has 1 aromatic rings. The summed E-state index contributed by atoms with van der Waals surface area (Å²) >= 11 is 0. The topological polar surface area (TPSA) is 31.4 Å². The summed E-state index contributed by atoms with van der Waals surface area (Å²) in [5.74, 6) is 1.60. The first kappa shape index (κ1) is 15.9. The SMILES string of the molecule is CC1CC(C)CN(C(CN2CCNCC2)c2ccncc2)C1. The molecular weight excluding hydrogens is 272 g/mol. The summed E-state index contributed by atoms with van der Waals surface area (Å²) in [6, 6.07) is 4.92. The minimum absolute atomic E-state index is 0.506. The zero-order valence-corrected chi connectivity index (χ0v) is 14.0. The summed E-state index contributed by atoms with van der Waals surface area (Å²) in [7, 11) is 0. The van der Waals surface area contributed by atoms with E-state index in [1.54, 1.807) is 0 Å². The van der Waals surface area contributed by atoms with Crippen molar-refractivity contribution in [1.82, 2.24) is 20.1 Å². The molecule has 0 radical (unpaired) electrons. The molecule has 2 aliphatic heterocycles. The first-order valence-electron chi connectivity index (χ1n) is 8.79. The highest BCUT2D eigenvalue weighted by Crippen LogP contribution is 2.30. The molecule has 0 saturated carbocycles. The van der Waals surface area contributed by atoms with Crippen molar-refractivity contribution in [3.8, 4) is 0 Å². The van der Waals surface area contributed by atoms with Gasteiger partial charge in [-0.25, -0.2) is 0 Å². The molecular formula is C18H30N4. The maximum absolute atomic E-state index is 4.21. The maximum atomic E-state index is 4.21. The lowest BCUT2D eigenvalue weighted by Crippen LogP contribution is -2.49. The molecule has 1 aromatic heterocycles. The number of aromatic nitrogens is 1. The van der Waals surface area contributed by atoms with Gasteiger partial charge in [0, 0.05) is 64.2 Å². The Morgan fingerprint density at radius 3 is 2.41 bits per heavy atom. The predicted molar refractivity (Wildman–Crippen MR) is 90.8 cm³/mol. The largest absolute Gasteiger partial charge is 0.314 e. The third-order valence-electron chi connectivity index (χ3n) is 5.07. The fraction of sp³-hybridized carbons (Fsp3) is 0.722. The monoisotopic (exact) mass is 302 g/mol. The van der Waals surface area contributed by atoms with Gasteiger partial charge in [0.2, 0.25) is 0 Å². The van der Waals surface area contributed by atoms with Crippen LogP contribution >= 0.6 is 0 Å². The summed E-state index contributed by atoms with van der Waals surface area (Å²) in [6.07, 6.45) is 5.25. The van der Waals surface area contributed by atoms with Gasteiger partial charge in [-0.3, -0.25) is 14.8 Å². The number of hydrogen-bond acceptors (Lipinski definition) is 4. The van der Waals surface area contributed by atoms with E-state index >= 15 is 0 Å². The summed E-state index contributed by atoms with van der Waals surface area (Å²) in [5, 5.41) is 3.46. The van der Waals surface area contributed by atoms with Crippen molar-refractivity contribution < 1.29 is 0 Å². The molecule has 1 N–H and O–H groups in total. The summed E-state index contributed by atoms with van der Waals surface area (Å²) < 4.78 is 0. The number of rotatable bonds is 4. The van der Waals surface area contributed by atoms with Gasteiger partial charge in [0.15, 0.2) is 0 Å². The standard InChI is InChI=1S/C18H30N4/c1-15-11-16(2)13-22(12-15)18(17-3-5-19-6-4-17)14-21-9-7-20-8-10-21/h3-6,15-16,18,20H,7-14H2,1-2H3. The number of piperazine rings is 1. The number of nitrogens with one attached hydrogen (secondary N) is 1. The highest BCUT2D eigenvalue weighted by Gasteiger charge is 2.29. The van der Waals surface area contributed by atoms with Gasteiger partial charge in [0.1, 0.15) is 0 Å². The Kier molecular flexibility index (Phi) is 5.45. The Bertz CT molecular complexity index is 434. The molecule has 3 rings (SSSR count). The van der Waals surface area contributed by atoms with Gasteiger partial charge < -0.3 is 5.32 Å². The number of nitrogens with zero attached hydrogens (tertiary/aromatic N) is 3. The molecule has 2 aliphatic rings. The smallest absolute Gasteiger partial charge is 0.0476 e. The van der Waals surface area contributed by atoms with Crippen LogP contribution in [0.5, 0.6) is 0 Å². The summed E-state index contributed by atoms with van der Waals surface area (Å²) in [4.78, 5) is 9.54. The van der Waals surface area contributed by atoms with Crippen LogP contribution in [-0.2, 0) is 0 Å². The van der Waals surface area contributed by atoms with E-state index in [0.717, 1.165) is 31.5 Å². The van der Waals surface area contributed by atoms with E-state index in [1.807, 2.05) is 12.4 Å². The van der Waals surface area contributed by atoms with Crippen LogP contribution < -0.4 is 5.32 Å². The van der Waals surface area contributed by atoms with Gasteiger partial charge in [-0.05, 0) is 36.0 Å². The molecule has 0 bridgehead atoms. The van der Waals surface area contributed by atoms with Crippen LogP contribution in [0.15, 0.2) is 24.5 Å². The Balaban J connectivity index is 1.76. The van der Waals surface area contributed by atoms with E-state index < -0.39 is 0 Å². The molecule has 3 heterocycles. The summed E-state index contributed by atoms with van der Waals surface area (Å²) in [6.45, 7) is 13.0. The molecule has 22 heavy (non-hydrogen) atoms. The molecule has 0 spiro atoms. The van der Waals surface area contributed by atoms with E-state index in [-0.39, 0.29) is 0 Å². The quantitative estimate of drug-likeness (QED) is 0.922. The van der Waals surface area contributed by atoms with Crippen molar-refractivity contribution in [3.63, 3.8) is 0 Å². The van der Waals surface area contributed by atoms with Gasteiger partial charge in [0.05, 0.1) is 0 Å². The third-order valence-corrected chi connectivity index (χ3v) is 5.07. The lowest BCUT2D eigenvalue weighted by atomic mass is 9.89. The van der Waals surface area contributed by atoms with E-state index in [2.05, 4.69) is 46.1 Å². The van der Waals surface area contributed by atoms with E-state index in [4.69, 9.17) is 0 Å². The molecule has 0 aliphatic carbocycles. The molecule has 3 unspecified atom stereocenters. The molecule has 2 fully saturated rings. The zero-order valence-electron chi connectivity index (χ0n) is 14.0. The van der Waals surface area contributed by atoms with Crippen LogP contribution in [0.3, 0.4) is 0 Å². The van der Waals surface area contributed by atoms with Crippen LogP contribution in [0.2, 0.25) is 0 Å². The van der Waals surface area contributed by atoms with Crippen molar-refractivity contribution in [3.05, 3.63) is 30.1 Å². The molecule has 4 nitrogen and oxygen atoms in total. The van der Waals surface area contributed by atoms with E-state index in [9.17, 15) is 0 Å². The maximum Gasteiger partial charge on any atom is 0.0476 e. The molecule has 0 aromatic carbocycles. The Morgan fingerprint density at radius 1 is 1.14 bits per heavy atom. The van der Waals surface area contributed by atoms with Gasteiger partial charge in [-0.15, -0.1) is 0 Å². The number of piperidine rings is 1. The second-order valence-electron chi connectivity index (χ2n) is 7.25. The Morgan fingerprint density at radius 2 is 1.77 bits per heavy atom. The molecule has 122 valence electrons. The van der Waals surface area contributed by atoms with Gasteiger partial charge >= 0.3 is 0 Å². The van der Waals surface area contributed by atoms with Crippen molar-refractivity contribution in [1.29, 1.82) is 0 Å². The lowest BCUT2D eigenvalue weighted by molar-refractivity contribution is 0.0678. The van der Waals surface area contributed by atoms with Crippen molar-refractivity contribution in [2.45, 2.75) is 26.3 Å². The fourth-order valence-electron chi connectivity index (χ4n) is 4.12. The molecule has 0 amide bonds. The second-order valence-corrected chi connectivity index (χ2v) is 7.25. The van der Waals surface area contributed by atoms with Crippen LogP contribution in [-0.4, -0.2) is 60.6 Å². The van der Waals surface area contributed by atoms with E-state index in [0.29, 0.717) is 6.04 Å². The molecule has 3 atom stereocenters.